The van der Waals surface area contributed by atoms with Gasteiger partial charge in [-0.3, -0.25) is 4.79 Å². The van der Waals surface area contributed by atoms with Crippen LogP contribution in [0.4, 0.5) is 0 Å². The summed E-state index contributed by atoms with van der Waals surface area (Å²) in [5.74, 6) is -3.38. The van der Waals surface area contributed by atoms with Gasteiger partial charge in [0, 0.05) is 23.8 Å². The number of fused-ring (bicyclic) bond motifs is 3. The van der Waals surface area contributed by atoms with E-state index in [1.54, 1.807) is 0 Å². The number of nitrogens with one attached hydrogen (secondary N) is 1. The first-order chi connectivity index (χ1) is 12.6. The van der Waals surface area contributed by atoms with Gasteiger partial charge in [-0.1, -0.05) is 13.8 Å². The number of rotatable bonds is 0. The van der Waals surface area contributed by atoms with Crippen molar-refractivity contribution in [2.75, 3.05) is 13.2 Å². The van der Waals surface area contributed by atoms with Crippen LogP contribution in [0.5, 0.6) is 0 Å². The average Bonchev–Trinajstić information content (AvgIpc) is 3.40. The van der Waals surface area contributed by atoms with Crippen LogP contribution in [0.2, 0.25) is 0 Å². The summed E-state index contributed by atoms with van der Waals surface area (Å²) in [4.78, 5) is 13.8. The SMILES string of the molecule is CC1(C)CC[C@H](O)[C@]23COC(O)([C@@H](O)[C@H]12)[C@]12C(=O)C4(CN4)[C@H](CCC31)[C@H]2O. The predicted octanol–water partition coefficient (Wildman–Crippen LogP) is -0.839. The minimum atomic E-state index is -2.11. The molecule has 0 amide bonds. The lowest BCUT2D eigenvalue weighted by atomic mass is 9.35. The van der Waals surface area contributed by atoms with Crippen molar-refractivity contribution in [3.8, 4) is 0 Å². The first-order valence-corrected chi connectivity index (χ1v) is 10.3. The summed E-state index contributed by atoms with van der Waals surface area (Å²) >= 11 is 0. The zero-order valence-corrected chi connectivity index (χ0v) is 15.8. The largest absolute Gasteiger partial charge is 0.392 e. The summed E-state index contributed by atoms with van der Waals surface area (Å²) in [6.07, 6.45) is -0.483. The van der Waals surface area contributed by atoms with Gasteiger partial charge in [0.1, 0.15) is 11.5 Å². The second-order valence-corrected chi connectivity index (χ2v) is 10.8. The van der Waals surface area contributed by atoms with Gasteiger partial charge in [-0.25, -0.2) is 0 Å². The van der Waals surface area contributed by atoms with Gasteiger partial charge in [-0.15, -0.1) is 0 Å². The van der Waals surface area contributed by atoms with E-state index in [1.165, 1.54) is 0 Å². The van der Waals surface area contributed by atoms with Gasteiger partial charge in [0.05, 0.1) is 24.4 Å². The zero-order valence-electron chi connectivity index (χ0n) is 15.8. The van der Waals surface area contributed by atoms with Gasteiger partial charge in [-0.05, 0) is 37.0 Å². The molecule has 0 aromatic rings. The molecule has 150 valence electrons. The molecule has 4 aliphatic carbocycles. The van der Waals surface area contributed by atoms with Crippen molar-refractivity contribution in [2.45, 2.75) is 69.2 Å². The third kappa shape index (κ3) is 1.41. The maximum atomic E-state index is 13.8. The number of Topliss-reactive ketones (excluding diaryl/α,β-unsaturated/α-hetero) is 1. The van der Waals surface area contributed by atoms with Crippen LogP contribution < -0.4 is 5.32 Å². The van der Waals surface area contributed by atoms with Gasteiger partial charge in [0.2, 0.25) is 5.79 Å². The lowest BCUT2D eigenvalue weighted by Crippen LogP contribution is -2.85. The van der Waals surface area contributed by atoms with E-state index in [0.717, 1.165) is 6.42 Å². The Morgan fingerprint density at radius 2 is 1.81 bits per heavy atom. The van der Waals surface area contributed by atoms with Crippen molar-refractivity contribution in [3.63, 3.8) is 0 Å². The smallest absolute Gasteiger partial charge is 0.208 e. The summed E-state index contributed by atoms with van der Waals surface area (Å²) in [6.45, 7) is 4.74. The molecule has 5 N–H and O–H groups in total. The number of ketones is 1. The standard InChI is InChI=1S/C20H29NO6/c1-16(2)6-5-11(22)17-8-27-20(26,14(24)12(16)17)19-10(17)4-3-9(13(19)23)18(7-21-18)15(19)25/h9-14,21-24,26H,3-8H2,1-2H3/t9-,10?,11+,12-,13-,14+,17-,18?,19-,20?/m1/s1. The van der Waals surface area contributed by atoms with Gasteiger partial charge in [0.25, 0.3) is 0 Å². The van der Waals surface area contributed by atoms with E-state index in [-0.39, 0.29) is 29.6 Å². The van der Waals surface area contributed by atoms with E-state index in [0.29, 0.717) is 25.8 Å². The van der Waals surface area contributed by atoms with Crippen LogP contribution in [0.3, 0.4) is 0 Å². The molecule has 0 aromatic heterocycles. The molecule has 4 bridgehead atoms. The third-order valence-electron chi connectivity index (χ3n) is 9.74. The Labute approximate surface area is 158 Å². The normalized spacial score (nSPS) is 65.2. The van der Waals surface area contributed by atoms with E-state index < -0.39 is 46.4 Å². The molecule has 3 aliphatic heterocycles. The van der Waals surface area contributed by atoms with Crippen LogP contribution in [0.1, 0.15) is 39.5 Å². The van der Waals surface area contributed by atoms with Crippen LogP contribution in [-0.4, -0.2) is 69.0 Å². The van der Waals surface area contributed by atoms with Crippen LogP contribution in [0, 0.1) is 34.0 Å². The maximum Gasteiger partial charge on any atom is 0.208 e. The average molecular weight is 379 g/mol. The second-order valence-electron chi connectivity index (χ2n) is 10.8. The monoisotopic (exact) mass is 379 g/mol. The molecule has 7 fully saturated rings. The number of carbonyl (C=O) groups is 1. The van der Waals surface area contributed by atoms with Gasteiger partial charge in [0.15, 0.2) is 5.78 Å². The first kappa shape index (κ1) is 17.3. The van der Waals surface area contributed by atoms with Crippen LogP contribution in [-0.2, 0) is 9.53 Å². The highest BCUT2D eigenvalue weighted by atomic mass is 16.6. The van der Waals surface area contributed by atoms with Crippen molar-refractivity contribution < 1.29 is 30.0 Å². The Morgan fingerprint density at radius 1 is 1.11 bits per heavy atom. The summed E-state index contributed by atoms with van der Waals surface area (Å²) in [6, 6.07) is 0. The van der Waals surface area contributed by atoms with Crippen molar-refractivity contribution >= 4 is 5.78 Å². The van der Waals surface area contributed by atoms with E-state index in [4.69, 9.17) is 4.74 Å². The zero-order chi connectivity index (χ0) is 19.2. The second kappa shape index (κ2) is 4.45. The minimum Gasteiger partial charge on any atom is -0.392 e. The molecule has 7 nitrogen and oxygen atoms in total. The quantitative estimate of drug-likeness (QED) is 0.347. The predicted molar refractivity (Wildman–Crippen MR) is 92.2 cm³/mol. The summed E-state index contributed by atoms with van der Waals surface area (Å²) < 4.78 is 5.89. The lowest BCUT2D eigenvalue weighted by Gasteiger charge is -2.74. The summed E-state index contributed by atoms with van der Waals surface area (Å²) in [5.41, 5.74) is -3.50. The highest BCUT2D eigenvalue weighted by Crippen LogP contribution is 2.77. The number of aliphatic hydroxyl groups excluding tert-OH is 3. The maximum absolute atomic E-state index is 13.8. The summed E-state index contributed by atoms with van der Waals surface area (Å²) in [7, 11) is 0. The van der Waals surface area contributed by atoms with Gasteiger partial charge >= 0.3 is 0 Å². The molecule has 3 saturated heterocycles. The molecule has 3 unspecified atom stereocenters. The van der Waals surface area contributed by atoms with Crippen LogP contribution >= 0.6 is 0 Å². The van der Waals surface area contributed by atoms with Crippen molar-refractivity contribution in [1.82, 2.24) is 5.32 Å². The van der Waals surface area contributed by atoms with Crippen molar-refractivity contribution in [1.29, 1.82) is 0 Å². The molecule has 3 heterocycles. The Kier molecular flexibility index (Phi) is 2.85. The Hall–Kier alpha value is -0.570. The summed E-state index contributed by atoms with van der Waals surface area (Å²) in [5, 5.41) is 48.9. The fourth-order valence-electron chi connectivity index (χ4n) is 8.67. The van der Waals surface area contributed by atoms with E-state index in [1.807, 2.05) is 0 Å². The molecule has 7 aliphatic rings. The molecule has 4 saturated carbocycles. The highest BCUT2D eigenvalue weighted by molar-refractivity contribution is 6.02. The molecule has 7 rings (SSSR count). The van der Waals surface area contributed by atoms with Crippen LogP contribution in [0.25, 0.3) is 0 Å². The fourth-order valence-corrected chi connectivity index (χ4v) is 8.67. The van der Waals surface area contributed by atoms with Crippen molar-refractivity contribution in [3.05, 3.63) is 0 Å². The Balaban J connectivity index is 1.64. The molecule has 0 aromatic carbocycles. The topological polar surface area (TPSA) is 129 Å². The molecule has 7 heteroatoms. The number of ether oxygens (including phenoxy) is 1. The molecule has 27 heavy (non-hydrogen) atoms. The van der Waals surface area contributed by atoms with Crippen molar-refractivity contribution in [2.24, 2.45) is 34.0 Å². The number of carbonyl (C=O) groups excluding carboxylic acids is 1. The first-order valence-electron chi connectivity index (χ1n) is 10.3. The number of hydrogen-bond acceptors (Lipinski definition) is 7. The van der Waals surface area contributed by atoms with E-state index in [9.17, 15) is 25.2 Å². The van der Waals surface area contributed by atoms with Gasteiger partial charge in [-0.2, -0.15) is 0 Å². The molecular weight excluding hydrogens is 350 g/mol. The lowest BCUT2D eigenvalue weighted by molar-refractivity contribution is -0.458. The molecule has 0 radical (unpaired) electrons. The highest BCUT2D eigenvalue weighted by Gasteiger charge is 2.90. The third-order valence-corrected chi connectivity index (χ3v) is 9.74. The molecule has 10 atom stereocenters. The molecular formula is C20H29NO6. The number of aliphatic hydroxyl groups is 4. The number of hydrogen-bond donors (Lipinski definition) is 5. The van der Waals surface area contributed by atoms with Gasteiger partial charge < -0.3 is 30.5 Å². The fraction of sp³-hybridized carbons (Fsp3) is 0.950. The Bertz CT molecular complexity index is 751. The van der Waals surface area contributed by atoms with E-state index in [2.05, 4.69) is 19.2 Å². The van der Waals surface area contributed by atoms with Crippen LogP contribution in [0.15, 0.2) is 0 Å². The van der Waals surface area contributed by atoms with E-state index >= 15 is 0 Å². The molecule has 3 spiro atoms. The minimum absolute atomic E-state index is 0.118. The Morgan fingerprint density at radius 3 is 2.48 bits per heavy atom.